The molecule has 1 aromatic rings. The van der Waals surface area contributed by atoms with Crippen LogP contribution in [0.3, 0.4) is 0 Å². The smallest absolute Gasteiger partial charge is 0.144 e. The van der Waals surface area contributed by atoms with Crippen LogP contribution >= 0.6 is 0 Å². The Labute approximate surface area is 103 Å². The lowest BCUT2D eigenvalue weighted by Crippen LogP contribution is -2.38. The Hall–Kier alpha value is -1.13. The fourth-order valence-electron chi connectivity index (χ4n) is 2.86. The van der Waals surface area contributed by atoms with Crippen LogP contribution in [-0.2, 0) is 6.54 Å². The van der Waals surface area contributed by atoms with Gasteiger partial charge in [-0.05, 0) is 24.3 Å². The minimum Gasteiger partial charge on any atom is -0.308 e. The maximum Gasteiger partial charge on any atom is 0.144 e. The van der Waals surface area contributed by atoms with Gasteiger partial charge in [0, 0.05) is 31.4 Å². The Morgan fingerprint density at radius 1 is 1.41 bits per heavy atom. The predicted octanol–water partition coefficient (Wildman–Crippen LogP) is 1.85. The summed E-state index contributed by atoms with van der Waals surface area (Å²) in [5.41, 5.74) is 3.85. The minimum atomic E-state index is 0.782. The zero-order chi connectivity index (χ0) is 12.3. The van der Waals surface area contributed by atoms with Gasteiger partial charge in [-0.2, -0.15) is 0 Å². The number of nitrogens with two attached hydrogens (primary N) is 1. The molecule has 0 saturated carbocycles. The van der Waals surface area contributed by atoms with E-state index in [1.54, 1.807) is 6.20 Å². The van der Waals surface area contributed by atoms with Crippen LogP contribution in [-0.4, -0.2) is 23.0 Å². The van der Waals surface area contributed by atoms with Gasteiger partial charge >= 0.3 is 0 Å². The third kappa shape index (κ3) is 3.17. The quantitative estimate of drug-likeness (QED) is 0.619. The van der Waals surface area contributed by atoms with Gasteiger partial charge in [0.05, 0.1) is 0 Å². The van der Waals surface area contributed by atoms with Crippen molar-refractivity contribution in [2.75, 3.05) is 18.5 Å². The van der Waals surface area contributed by atoms with Gasteiger partial charge in [-0.15, -0.1) is 0 Å². The summed E-state index contributed by atoms with van der Waals surface area (Å²) in [4.78, 5) is 6.73. The molecule has 1 aliphatic heterocycles. The van der Waals surface area contributed by atoms with E-state index in [2.05, 4.69) is 35.2 Å². The van der Waals surface area contributed by atoms with Crippen LogP contribution in [0.4, 0.5) is 5.82 Å². The van der Waals surface area contributed by atoms with Crippen molar-refractivity contribution >= 4 is 5.82 Å². The van der Waals surface area contributed by atoms with Gasteiger partial charge in [0.15, 0.2) is 0 Å². The first-order valence-electron chi connectivity index (χ1n) is 6.32. The Morgan fingerprint density at radius 2 is 2.12 bits per heavy atom. The molecular weight excluding hydrogens is 212 g/mol. The first-order valence-corrected chi connectivity index (χ1v) is 6.32. The predicted molar refractivity (Wildman–Crippen MR) is 70.3 cm³/mol. The van der Waals surface area contributed by atoms with Crippen molar-refractivity contribution in [1.82, 2.24) is 9.88 Å². The van der Waals surface area contributed by atoms with Crippen LogP contribution in [0.25, 0.3) is 0 Å². The zero-order valence-electron chi connectivity index (χ0n) is 10.7. The summed E-state index contributed by atoms with van der Waals surface area (Å²) < 4.78 is 0. The summed E-state index contributed by atoms with van der Waals surface area (Å²) in [7, 11) is 0. The summed E-state index contributed by atoms with van der Waals surface area (Å²) in [6.07, 6.45) is 3.10. The van der Waals surface area contributed by atoms with Crippen LogP contribution in [0.5, 0.6) is 0 Å². The number of nitrogens with zero attached hydrogens (tertiary/aromatic N) is 2. The van der Waals surface area contributed by atoms with Crippen LogP contribution < -0.4 is 11.3 Å². The molecule has 2 heterocycles. The van der Waals surface area contributed by atoms with Crippen molar-refractivity contribution < 1.29 is 0 Å². The lowest BCUT2D eigenvalue weighted by atomic mass is 9.91. The van der Waals surface area contributed by atoms with Crippen LogP contribution in [0, 0.1) is 11.8 Å². The Bertz CT molecular complexity index is 356. The van der Waals surface area contributed by atoms with Crippen LogP contribution in [0.2, 0.25) is 0 Å². The SMILES string of the molecule is CC1CC(C)CN(Cc2cccnc2NN)C1. The van der Waals surface area contributed by atoms with E-state index in [0.29, 0.717) is 0 Å². The van der Waals surface area contributed by atoms with E-state index in [1.165, 1.54) is 25.1 Å². The number of pyridine rings is 1. The highest BCUT2D eigenvalue weighted by molar-refractivity contribution is 5.42. The molecule has 0 radical (unpaired) electrons. The van der Waals surface area contributed by atoms with E-state index in [-0.39, 0.29) is 0 Å². The summed E-state index contributed by atoms with van der Waals surface area (Å²) in [6, 6.07) is 4.05. The molecule has 2 unspecified atom stereocenters. The van der Waals surface area contributed by atoms with E-state index in [4.69, 9.17) is 5.84 Å². The third-order valence-corrected chi connectivity index (χ3v) is 3.37. The molecule has 17 heavy (non-hydrogen) atoms. The molecule has 2 rings (SSSR count). The fraction of sp³-hybridized carbons (Fsp3) is 0.615. The first kappa shape index (κ1) is 12.3. The van der Waals surface area contributed by atoms with E-state index >= 15 is 0 Å². The molecular formula is C13H22N4. The number of anilines is 1. The second-order valence-corrected chi connectivity index (χ2v) is 5.30. The monoisotopic (exact) mass is 234 g/mol. The lowest BCUT2D eigenvalue weighted by Gasteiger charge is -2.35. The first-order chi connectivity index (χ1) is 8.19. The van der Waals surface area contributed by atoms with Crippen LogP contribution in [0.1, 0.15) is 25.8 Å². The summed E-state index contributed by atoms with van der Waals surface area (Å²) >= 11 is 0. The van der Waals surface area contributed by atoms with Crippen molar-refractivity contribution in [1.29, 1.82) is 0 Å². The van der Waals surface area contributed by atoms with Crippen molar-refractivity contribution in [2.45, 2.75) is 26.8 Å². The molecule has 1 aliphatic rings. The van der Waals surface area contributed by atoms with Crippen molar-refractivity contribution in [3.05, 3.63) is 23.9 Å². The molecule has 0 bridgehead atoms. The molecule has 94 valence electrons. The number of hydrogen-bond acceptors (Lipinski definition) is 4. The van der Waals surface area contributed by atoms with Gasteiger partial charge in [0.1, 0.15) is 5.82 Å². The topological polar surface area (TPSA) is 54.2 Å². The van der Waals surface area contributed by atoms with Gasteiger partial charge < -0.3 is 5.43 Å². The van der Waals surface area contributed by atoms with E-state index in [0.717, 1.165) is 24.2 Å². The number of aromatic nitrogens is 1. The largest absolute Gasteiger partial charge is 0.308 e. The Kier molecular flexibility index (Phi) is 3.97. The Balaban J connectivity index is 2.04. The molecule has 4 nitrogen and oxygen atoms in total. The van der Waals surface area contributed by atoms with Crippen molar-refractivity contribution in [2.24, 2.45) is 17.7 Å². The average molecular weight is 234 g/mol. The van der Waals surface area contributed by atoms with E-state index in [1.807, 2.05) is 6.07 Å². The molecule has 1 fully saturated rings. The normalized spacial score (nSPS) is 25.8. The third-order valence-electron chi connectivity index (χ3n) is 3.37. The highest BCUT2D eigenvalue weighted by atomic mass is 15.3. The molecule has 2 atom stereocenters. The molecule has 0 spiro atoms. The molecule has 3 N–H and O–H groups in total. The minimum absolute atomic E-state index is 0.782. The number of hydrogen-bond donors (Lipinski definition) is 2. The summed E-state index contributed by atoms with van der Waals surface area (Å²) in [5.74, 6) is 7.83. The number of piperidine rings is 1. The van der Waals surface area contributed by atoms with Gasteiger partial charge in [-0.3, -0.25) is 4.90 Å². The molecule has 0 amide bonds. The number of nitrogens with one attached hydrogen (secondary N) is 1. The maximum absolute atomic E-state index is 5.48. The Morgan fingerprint density at radius 3 is 2.76 bits per heavy atom. The number of nitrogen functional groups attached to an aromatic ring is 1. The lowest BCUT2D eigenvalue weighted by molar-refractivity contribution is 0.134. The van der Waals surface area contributed by atoms with Gasteiger partial charge in [0.2, 0.25) is 0 Å². The van der Waals surface area contributed by atoms with Gasteiger partial charge in [-0.1, -0.05) is 19.9 Å². The van der Waals surface area contributed by atoms with Gasteiger partial charge in [0.25, 0.3) is 0 Å². The number of likely N-dealkylation sites (tertiary alicyclic amines) is 1. The van der Waals surface area contributed by atoms with Crippen molar-refractivity contribution in [3.8, 4) is 0 Å². The van der Waals surface area contributed by atoms with Gasteiger partial charge in [-0.25, -0.2) is 10.8 Å². The highest BCUT2D eigenvalue weighted by Crippen LogP contribution is 2.23. The molecule has 1 saturated heterocycles. The number of rotatable bonds is 3. The zero-order valence-corrected chi connectivity index (χ0v) is 10.7. The average Bonchev–Trinajstić information content (AvgIpc) is 2.28. The fourth-order valence-corrected chi connectivity index (χ4v) is 2.86. The molecule has 4 heteroatoms. The molecule has 0 aromatic carbocycles. The summed E-state index contributed by atoms with van der Waals surface area (Å²) in [6.45, 7) is 7.93. The summed E-state index contributed by atoms with van der Waals surface area (Å²) in [5, 5.41) is 0. The molecule has 0 aliphatic carbocycles. The highest BCUT2D eigenvalue weighted by Gasteiger charge is 2.22. The maximum atomic E-state index is 5.48. The second kappa shape index (κ2) is 5.47. The number of hydrazine groups is 1. The molecule has 1 aromatic heterocycles. The van der Waals surface area contributed by atoms with Crippen molar-refractivity contribution in [3.63, 3.8) is 0 Å². The van der Waals surface area contributed by atoms with E-state index in [9.17, 15) is 0 Å². The van der Waals surface area contributed by atoms with E-state index < -0.39 is 0 Å². The van der Waals surface area contributed by atoms with Crippen LogP contribution in [0.15, 0.2) is 18.3 Å². The standard InChI is InChI=1S/C13H22N4/c1-10-6-11(2)8-17(7-10)9-12-4-3-5-15-13(12)16-14/h3-5,10-11H,6-9,14H2,1-2H3,(H,15,16). The second-order valence-electron chi connectivity index (χ2n) is 5.30.